The van der Waals surface area contributed by atoms with E-state index in [1.54, 1.807) is 6.07 Å². The highest BCUT2D eigenvalue weighted by atomic mass is 35.5. The van der Waals surface area contributed by atoms with Gasteiger partial charge in [-0.25, -0.2) is 4.39 Å². The maximum atomic E-state index is 12.9. The summed E-state index contributed by atoms with van der Waals surface area (Å²) in [6.07, 6.45) is 0. The van der Waals surface area contributed by atoms with Gasteiger partial charge in [-0.1, -0.05) is 11.6 Å². The topological polar surface area (TPSA) is 45.0 Å². The molecule has 16 heavy (non-hydrogen) atoms. The molecular formula is C11H10ClFN2O. The molecule has 1 aliphatic rings. The van der Waals surface area contributed by atoms with Crippen LogP contribution in [0.2, 0.25) is 5.02 Å². The SMILES string of the molecule is N#CC1(CNc2ccc(F)c(Cl)c2)COC1. The molecule has 5 heteroatoms. The summed E-state index contributed by atoms with van der Waals surface area (Å²) in [4.78, 5) is 0. The summed E-state index contributed by atoms with van der Waals surface area (Å²) in [6, 6.07) is 6.60. The second kappa shape index (κ2) is 4.28. The number of anilines is 1. The first-order valence-electron chi connectivity index (χ1n) is 4.83. The van der Waals surface area contributed by atoms with Gasteiger partial charge in [-0.05, 0) is 18.2 Å². The van der Waals surface area contributed by atoms with E-state index >= 15 is 0 Å². The van der Waals surface area contributed by atoms with E-state index in [4.69, 9.17) is 21.6 Å². The largest absolute Gasteiger partial charge is 0.383 e. The van der Waals surface area contributed by atoms with Crippen molar-refractivity contribution in [1.29, 1.82) is 5.26 Å². The van der Waals surface area contributed by atoms with Gasteiger partial charge >= 0.3 is 0 Å². The number of nitrogens with zero attached hydrogens (tertiary/aromatic N) is 1. The molecule has 2 rings (SSSR count). The summed E-state index contributed by atoms with van der Waals surface area (Å²) in [5, 5.41) is 12.1. The van der Waals surface area contributed by atoms with Crippen LogP contribution >= 0.6 is 11.6 Å². The standard InChI is InChI=1S/C11H10ClFN2O/c12-9-3-8(1-2-10(9)13)15-5-11(4-14)6-16-7-11/h1-3,15H,5-7H2. The van der Waals surface area contributed by atoms with E-state index in [-0.39, 0.29) is 5.02 Å². The molecule has 3 nitrogen and oxygen atoms in total. The molecular weight excluding hydrogens is 231 g/mol. The first kappa shape index (κ1) is 11.2. The van der Waals surface area contributed by atoms with Crippen molar-refractivity contribution in [3.8, 4) is 6.07 Å². The van der Waals surface area contributed by atoms with Crippen LogP contribution < -0.4 is 5.32 Å². The molecule has 0 bridgehead atoms. The van der Waals surface area contributed by atoms with Crippen LogP contribution in [0.4, 0.5) is 10.1 Å². The smallest absolute Gasteiger partial charge is 0.141 e. The van der Waals surface area contributed by atoms with E-state index in [1.165, 1.54) is 12.1 Å². The van der Waals surface area contributed by atoms with Crippen LogP contribution in [0.15, 0.2) is 18.2 Å². The van der Waals surface area contributed by atoms with E-state index < -0.39 is 11.2 Å². The van der Waals surface area contributed by atoms with E-state index in [0.29, 0.717) is 25.4 Å². The lowest BCUT2D eigenvalue weighted by Crippen LogP contribution is -2.46. The van der Waals surface area contributed by atoms with Crippen molar-refractivity contribution in [2.75, 3.05) is 25.1 Å². The lowest BCUT2D eigenvalue weighted by molar-refractivity contribution is -0.0690. The Morgan fingerprint density at radius 2 is 2.31 bits per heavy atom. The molecule has 0 radical (unpaired) electrons. The molecule has 0 aromatic heterocycles. The maximum absolute atomic E-state index is 12.9. The van der Waals surface area contributed by atoms with Crippen LogP contribution in [0.5, 0.6) is 0 Å². The molecule has 0 aliphatic carbocycles. The normalized spacial score (nSPS) is 17.3. The van der Waals surface area contributed by atoms with E-state index in [2.05, 4.69) is 11.4 Å². The van der Waals surface area contributed by atoms with Crippen molar-refractivity contribution < 1.29 is 9.13 Å². The third-order valence-electron chi connectivity index (χ3n) is 2.54. The Hall–Kier alpha value is -1.31. The van der Waals surface area contributed by atoms with Gasteiger partial charge in [-0.3, -0.25) is 0 Å². The minimum absolute atomic E-state index is 0.0702. The zero-order valence-electron chi connectivity index (χ0n) is 8.46. The van der Waals surface area contributed by atoms with E-state index in [0.717, 1.165) is 0 Å². The predicted octanol–water partition coefficient (Wildman–Crippen LogP) is 2.43. The van der Waals surface area contributed by atoms with Crippen LogP contribution in [-0.4, -0.2) is 19.8 Å². The molecule has 0 saturated carbocycles. The van der Waals surface area contributed by atoms with Gasteiger partial charge < -0.3 is 10.1 Å². The lowest BCUT2D eigenvalue weighted by atomic mass is 9.88. The molecule has 0 unspecified atom stereocenters. The molecule has 0 spiro atoms. The Morgan fingerprint density at radius 3 is 2.81 bits per heavy atom. The highest BCUT2D eigenvalue weighted by Crippen LogP contribution is 2.27. The fraction of sp³-hybridized carbons (Fsp3) is 0.364. The van der Waals surface area contributed by atoms with Crippen molar-refractivity contribution in [2.24, 2.45) is 5.41 Å². The average molecular weight is 241 g/mol. The Balaban J connectivity index is 2.00. The molecule has 1 aromatic rings. The van der Waals surface area contributed by atoms with Gasteiger partial charge in [0.25, 0.3) is 0 Å². The molecule has 1 aliphatic heterocycles. The predicted molar refractivity (Wildman–Crippen MR) is 58.8 cm³/mol. The van der Waals surface area contributed by atoms with Crippen LogP contribution in [-0.2, 0) is 4.74 Å². The van der Waals surface area contributed by atoms with Gasteiger partial charge in [0.05, 0.1) is 24.3 Å². The van der Waals surface area contributed by atoms with Crippen LogP contribution in [0.25, 0.3) is 0 Å². The Morgan fingerprint density at radius 1 is 1.56 bits per heavy atom. The minimum atomic E-state index is -0.457. The number of hydrogen-bond acceptors (Lipinski definition) is 3. The third-order valence-corrected chi connectivity index (χ3v) is 2.83. The van der Waals surface area contributed by atoms with Crippen LogP contribution in [0.1, 0.15) is 0 Å². The zero-order valence-corrected chi connectivity index (χ0v) is 9.22. The van der Waals surface area contributed by atoms with Gasteiger partial charge in [0.2, 0.25) is 0 Å². The summed E-state index contributed by atoms with van der Waals surface area (Å²) >= 11 is 5.64. The number of ether oxygens (including phenoxy) is 1. The lowest BCUT2D eigenvalue weighted by Gasteiger charge is -2.35. The third kappa shape index (κ3) is 2.11. The number of nitrogens with one attached hydrogen (secondary N) is 1. The summed E-state index contributed by atoms with van der Waals surface area (Å²) in [7, 11) is 0. The molecule has 1 heterocycles. The monoisotopic (exact) mass is 240 g/mol. The first-order valence-corrected chi connectivity index (χ1v) is 5.21. The fourth-order valence-corrected chi connectivity index (χ4v) is 1.61. The number of benzene rings is 1. The van der Waals surface area contributed by atoms with Crippen molar-refractivity contribution in [2.45, 2.75) is 0 Å². The van der Waals surface area contributed by atoms with Crippen molar-refractivity contribution >= 4 is 17.3 Å². The van der Waals surface area contributed by atoms with Gasteiger partial charge in [0.15, 0.2) is 0 Å². The number of nitriles is 1. The summed E-state index contributed by atoms with van der Waals surface area (Å²) in [6.45, 7) is 1.35. The molecule has 84 valence electrons. The van der Waals surface area contributed by atoms with Crippen molar-refractivity contribution in [3.63, 3.8) is 0 Å². The van der Waals surface area contributed by atoms with Gasteiger partial charge in [-0.2, -0.15) is 5.26 Å². The Bertz CT molecular complexity index is 440. The molecule has 0 atom stereocenters. The summed E-state index contributed by atoms with van der Waals surface area (Å²) in [5.41, 5.74) is 0.244. The average Bonchev–Trinajstić information content (AvgIpc) is 2.22. The van der Waals surface area contributed by atoms with Crippen molar-refractivity contribution in [3.05, 3.63) is 29.0 Å². The second-order valence-electron chi connectivity index (χ2n) is 3.87. The maximum Gasteiger partial charge on any atom is 0.141 e. The molecule has 0 amide bonds. The van der Waals surface area contributed by atoms with Gasteiger partial charge in [-0.15, -0.1) is 0 Å². The number of hydrogen-bond donors (Lipinski definition) is 1. The minimum Gasteiger partial charge on any atom is -0.383 e. The number of rotatable bonds is 3. The quantitative estimate of drug-likeness (QED) is 0.883. The van der Waals surface area contributed by atoms with Crippen LogP contribution in [0.3, 0.4) is 0 Å². The highest BCUT2D eigenvalue weighted by Gasteiger charge is 2.38. The Kier molecular flexibility index (Phi) is 2.99. The van der Waals surface area contributed by atoms with Crippen LogP contribution in [0, 0.1) is 22.6 Å². The molecule has 1 N–H and O–H groups in total. The zero-order chi connectivity index (χ0) is 11.6. The molecule has 1 aromatic carbocycles. The van der Waals surface area contributed by atoms with Crippen molar-refractivity contribution in [1.82, 2.24) is 0 Å². The van der Waals surface area contributed by atoms with E-state index in [9.17, 15) is 4.39 Å². The highest BCUT2D eigenvalue weighted by molar-refractivity contribution is 6.31. The summed E-state index contributed by atoms with van der Waals surface area (Å²) < 4.78 is 17.9. The summed E-state index contributed by atoms with van der Waals surface area (Å²) in [5.74, 6) is -0.450. The first-order chi connectivity index (χ1) is 7.65. The van der Waals surface area contributed by atoms with E-state index in [1.807, 2.05) is 0 Å². The fourth-order valence-electron chi connectivity index (χ4n) is 1.43. The second-order valence-corrected chi connectivity index (χ2v) is 4.27. The van der Waals surface area contributed by atoms with Gasteiger partial charge in [0, 0.05) is 12.2 Å². The molecule has 1 saturated heterocycles. The van der Waals surface area contributed by atoms with Gasteiger partial charge in [0.1, 0.15) is 11.2 Å². The molecule has 1 fully saturated rings. The Labute approximate surface area is 97.8 Å². The number of halogens is 2.